The molecular weight excluding hydrogens is 529 g/mol. The number of hydrogen-bond acceptors (Lipinski definition) is 5. The second-order valence-corrected chi connectivity index (χ2v) is 11.8. The zero-order valence-corrected chi connectivity index (χ0v) is 24.5. The van der Waals surface area contributed by atoms with Gasteiger partial charge in [-0.05, 0) is 106 Å². The first-order valence-electron chi connectivity index (χ1n) is 14.8. The van der Waals surface area contributed by atoms with Gasteiger partial charge in [0, 0.05) is 35.8 Å². The lowest BCUT2D eigenvalue weighted by Gasteiger charge is -2.28. The molecule has 0 radical (unpaired) electrons. The third-order valence-electron chi connectivity index (χ3n) is 8.20. The van der Waals surface area contributed by atoms with Gasteiger partial charge in [0.2, 0.25) is 0 Å². The molecular formula is C35H40FN3O3. The van der Waals surface area contributed by atoms with Gasteiger partial charge in [-0.2, -0.15) is 0 Å². The summed E-state index contributed by atoms with van der Waals surface area (Å²) in [6.45, 7) is 4.31. The van der Waals surface area contributed by atoms with Crippen molar-refractivity contribution in [2.75, 3.05) is 26.7 Å². The highest BCUT2D eigenvalue weighted by Gasteiger charge is 2.44. The van der Waals surface area contributed by atoms with Gasteiger partial charge in [-0.1, -0.05) is 29.7 Å². The number of aliphatic hydroxyl groups excluding tert-OH is 1. The Hall–Kier alpha value is -3.70. The lowest BCUT2D eigenvalue weighted by molar-refractivity contribution is 0.0821. The average Bonchev–Trinajstić information content (AvgIpc) is 3.75. The molecule has 6 nitrogen and oxygen atoms in total. The summed E-state index contributed by atoms with van der Waals surface area (Å²) in [5.74, 6) is 2.46. The van der Waals surface area contributed by atoms with Crippen molar-refractivity contribution in [3.63, 3.8) is 0 Å². The van der Waals surface area contributed by atoms with Crippen LogP contribution >= 0.6 is 0 Å². The SMILES string of the molecule is C#Cc1cccc(C2(NC[C@@H](O)[C@@H]3Cc4cc(F)cc(c4)OCCCCN(C)Cc4cc(C)cc(c4)C(=O)N3)CC2)c1. The number of hydrogen-bond donors (Lipinski definition) is 3. The number of nitrogens with one attached hydrogen (secondary N) is 2. The summed E-state index contributed by atoms with van der Waals surface area (Å²) in [5, 5.41) is 18.1. The molecule has 1 fully saturated rings. The minimum absolute atomic E-state index is 0.240. The van der Waals surface area contributed by atoms with Gasteiger partial charge in [0.1, 0.15) is 11.6 Å². The molecule has 0 spiro atoms. The molecule has 1 saturated carbocycles. The molecule has 3 aromatic carbocycles. The average molecular weight is 570 g/mol. The van der Waals surface area contributed by atoms with E-state index in [-0.39, 0.29) is 24.4 Å². The third-order valence-corrected chi connectivity index (χ3v) is 8.20. The maximum absolute atomic E-state index is 14.6. The largest absolute Gasteiger partial charge is 0.493 e. The summed E-state index contributed by atoms with van der Waals surface area (Å²) >= 11 is 0. The highest BCUT2D eigenvalue weighted by molar-refractivity contribution is 5.94. The predicted octanol–water partition coefficient (Wildman–Crippen LogP) is 4.70. The molecule has 0 aromatic heterocycles. The Bertz CT molecular complexity index is 1460. The molecule has 1 aliphatic carbocycles. The van der Waals surface area contributed by atoms with Crippen molar-refractivity contribution in [2.45, 2.75) is 63.3 Å². The number of benzene rings is 3. The van der Waals surface area contributed by atoms with Crippen LogP contribution in [0.15, 0.2) is 60.7 Å². The van der Waals surface area contributed by atoms with E-state index >= 15 is 0 Å². The van der Waals surface area contributed by atoms with Crippen molar-refractivity contribution in [1.29, 1.82) is 0 Å². The van der Waals surface area contributed by atoms with Crippen LogP contribution in [0.25, 0.3) is 0 Å². The van der Waals surface area contributed by atoms with E-state index in [4.69, 9.17) is 11.2 Å². The summed E-state index contributed by atoms with van der Waals surface area (Å²) in [7, 11) is 2.06. The van der Waals surface area contributed by atoms with Crippen molar-refractivity contribution < 1.29 is 19.0 Å². The van der Waals surface area contributed by atoms with Crippen LogP contribution in [-0.4, -0.2) is 54.8 Å². The standard InChI is InChI=1S/C35H40FN3O3/c1-4-25-8-7-9-29(17-25)35(10-11-35)37-22-33(40)32-20-26-18-30(36)21-31(19-26)42-13-6-5-12-39(3)23-27-14-24(2)15-28(16-27)34(41)38-32/h1,7-9,14-19,21,32-33,37,40H,5-6,10-13,20,22-23H2,2-3H3,(H,38,41)/t32-,33+/m0/s1. The van der Waals surface area contributed by atoms with Gasteiger partial charge in [-0.15, -0.1) is 6.42 Å². The molecule has 7 heteroatoms. The Labute approximate surface area is 248 Å². The molecule has 5 rings (SSSR count). The van der Waals surface area contributed by atoms with Gasteiger partial charge in [-0.3, -0.25) is 4.79 Å². The molecule has 1 amide bonds. The molecule has 1 heterocycles. The Balaban J connectivity index is 1.40. The summed E-state index contributed by atoms with van der Waals surface area (Å²) in [6.07, 6.45) is 8.55. The Kier molecular flexibility index (Phi) is 9.27. The van der Waals surface area contributed by atoms with E-state index in [0.29, 0.717) is 30.0 Å². The van der Waals surface area contributed by atoms with Crippen molar-refractivity contribution in [3.8, 4) is 18.1 Å². The molecule has 4 bridgehead atoms. The van der Waals surface area contributed by atoms with Gasteiger partial charge >= 0.3 is 0 Å². The summed E-state index contributed by atoms with van der Waals surface area (Å²) in [6, 6.07) is 17.7. The van der Waals surface area contributed by atoms with Crippen LogP contribution in [0.4, 0.5) is 4.39 Å². The first-order valence-corrected chi connectivity index (χ1v) is 14.8. The fourth-order valence-corrected chi connectivity index (χ4v) is 5.80. The molecule has 2 aliphatic rings. The number of carbonyl (C=O) groups excluding carboxylic acids is 1. The highest BCUT2D eigenvalue weighted by atomic mass is 19.1. The third kappa shape index (κ3) is 7.57. The van der Waals surface area contributed by atoms with Crippen LogP contribution in [0, 0.1) is 25.1 Å². The highest BCUT2D eigenvalue weighted by Crippen LogP contribution is 2.45. The number of fused-ring (bicyclic) bond motifs is 4. The van der Waals surface area contributed by atoms with E-state index in [2.05, 4.69) is 34.6 Å². The zero-order valence-electron chi connectivity index (χ0n) is 24.5. The van der Waals surface area contributed by atoms with E-state index in [1.807, 2.05) is 43.3 Å². The number of amides is 1. The van der Waals surface area contributed by atoms with E-state index in [1.54, 1.807) is 6.07 Å². The van der Waals surface area contributed by atoms with Gasteiger partial charge in [0.15, 0.2) is 0 Å². The molecule has 0 saturated heterocycles. The second kappa shape index (κ2) is 13.1. The lowest BCUT2D eigenvalue weighted by Crippen LogP contribution is -2.50. The number of ether oxygens (including phenoxy) is 1. The minimum atomic E-state index is -0.938. The van der Waals surface area contributed by atoms with Crippen LogP contribution in [0.3, 0.4) is 0 Å². The summed E-state index contributed by atoms with van der Waals surface area (Å²) in [5.41, 5.74) is 4.89. The normalized spacial score (nSPS) is 20.0. The smallest absolute Gasteiger partial charge is 0.251 e. The van der Waals surface area contributed by atoms with Crippen LogP contribution in [-0.2, 0) is 18.5 Å². The monoisotopic (exact) mass is 569 g/mol. The number of terminal acetylenes is 1. The molecule has 220 valence electrons. The van der Waals surface area contributed by atoms with E-state index in [0.717, 1.165) is 54.5 Å². The Morgan fingerprint density at radius 3 is 2.79 bits per heavy atom. The molecule has 1 aliphatic heterocycles. The molecule has 42 heavy (non-hydrogen) atoms. The fraction of sp³-hybridized carbons (Fsp3) is 0.400. The fourth-order valence-electron chi connectivity index (χ4n) is 5.80. The summed E-state index contributed by atoms with van der Waals surface area (Å²) < 4.78 is 20.5. The van der Waals surface area contributed by atoms with Gasteiger partial charge in [0.05, 0.1) is 18.8 Å². The van der Waals surface area contributed by atoms with E-state index < -0.39 is 18.0 Å². The molecule has 0 unspecified atom stereocenters. The topological polar surface area (TPSA) is 73.8 Å². The lowest BCUT2D eigenvalue weighted by atomic mass is 9.98. The van der Waals surface area contributed by atoms with Gasteiger partial charge in [-0.25, -0.2) is 4.39 Å². The van der Waals surface area contributed by atoms with Crippen LogP contribution in [0.1, 0.15) is 63.9 Å². The number of aliphatic hydroxyl groups is 1. The number of nitrogens with zero attached hydrogens (tertiary/aromatic N) is 1. The Morgan fingerprint density at radius 2 is 2.00 bits per heavy atom. The first kappa shape index (κ1) is 29.8. The number of aryl methyl sites for hydroxylation is 1. The quantitative estimate of drug-likeness (QED) is 0.389. The zero-order chi connectivity index (χ0) is 29.7. The van der Waals surface area contributed by atoms with E-state index in [9.17, 15) is 14.3 Å². The molecule has 2 atom stereocenters. The first-order chi connectivity index (χ1) is 20.2. The van der Waals surface area contributed by atoms with E-state index in [1.165, 1.54) is 12.1 Å². The van der Waals surface area contributed by atoms with Crippen molar-refractivity contribution >= 4 is 5.91 Å². The van der Waals surface area contributed by atoms with Gasteiger partial charge in [0.25, 0.3) is 5.91 Å². The maximum atomic E-state index is 14.6. The van der Waals surface area contributed by atoms with Crippen molar-refractivity contribution in [3.05, 3.63) is 99.9 Å². The number of rotatable bonds is 5. The van der Waals surface area contributed by atoms with Crippen molar-refractivity contribution in [1.82, 2.24) is 15.5 Å². The number of carbonyl (C=O) groups is 1. The van der Waals surface area contributed by atoms with Gasteiger partial charge < -0.3 is 25.4 Å². The maximum Gasteiger partial charge on any atom is 0.251 e. The number of halogens is 1. The Morgan fingerprint density at radius 1 is 1.17 bits per heavy atom. The molecule has 3 N–H and O–H groups in total. The minimum Gasteiger partial charge on any atom is -0.493 e. The summed E-state index contributed by atoms with van der Waals surface area (Å²) in [4.78, 5) is 15.8. The van der Waals surface area contributed by atoms with Crippen LogP contribution in [0.5, 0.6) is 5.75 Å². The van der Waals surface area contributed by atoms with Crippen LogP contribution < -0.4 is 15.4 Å². The predicted molar refractivity (Wildman–Crippen MR) is 163 cm³/mol. The van der Waals surface area contributed by atoms with Crippen molar-refractivity contribution in [2.24, 2.45) is 0 Å². The van der Waals surface area contributed by atoms with Crippen LogP contribution in [0.2, 0.25) is 0 Å². The second-order valence-electron chi connectivity index (χ2n) is 11.8. The molecule has 3 aromatic rings.